The van der Waals surface area contributed by atoms with Crippen LogP contribution in [0.15, 0.2) is 48.6 Å². The number of aliphatic hydroxyl groups excluding tert-OH is 1. The number of hydrogen-bond donors (Lipinski definition) is 1. The van der Waals surface area contributed by atoms with Crippen molar-refractivity contribution in [3.05, 3.63) is 48.6 Å². The summed E-state index contributed by atoms with van der Waals surface area (Å²) >= 11 is 0. The summed E-state index contributed by atoms with van der Waals surface area (Å²) in [7, 11) is 0. The lowest BCUT2D eigenvalue weighted by Gasteiger charge is -2.41. The summed E-state index contributed by atoms with van der Waals surface area (Å²) < 4.78 is 12.7. The molecule has 1 unspecified atom stereocenters. The third-order valence-electron chi connectivity index (χ3n) is 9.27. The lowest BCUT2D eigenvalue weighted by molar-refractivity contribution is -0.155. The molecule has 5 atom stereocenters. The zero-order valence-corrected chi connectivity index (χ0v) is 25.5. The third kappa shape index (κ3) is 4.84. The summed E-state index contributed by atoms with van der Waals surface area (Å²) in [6, 6.07) is 6.55. The topological polar surface area (TPSA) is 99.6 Å². The normalized spacial score (nSPS) is 30.8. The maximum atomic E-state index is 14.6. The van der Waals surface area contributed by atoms with E-state index in [2.05, 4.69) is 0 Å². The minimum Gasteiger partial charge on any atom is -0.494 e. The SMILES string of the molecule is CCOc1ccc(N2CC=C[C@@]3(CC)O[C@]45C=CCN(C(C)(C)C)C(=O)C4N(CCCCCO)C(=O)[C@@H]5[C@H]3C2=O)cc1. The van der Waals surface area contributed by atoms with Gasteiger partial charge in [-0.25, -0.2) is 0 Å². The molecule has 0 bridgehead atoms. The van der Waals surface area contributed by atoms with Crippen molar-refractivity contribution in [2.24, 2.45) is 11.8 Å². The van der Waals surface area contributed by atoms with Gasteiger partial charge in [0, 0.05) is 37.5 Å². The van der Waals surface area contributed by atoms with Gasteiger partial charge in [-0.15, -0.1) is 0 Å². The Bertz CT molecular complexity index is 1250. The van der Waals surface area contributed by atoms with Gasteiger partial charge in [0.2, 0.25) is 17.7 Å². The van der Waals surface area contributed by atoms with Crippen molar-refractivity contribution in [1.82, 2.24) is 9.80 Å². The van der Waals surface area contributed by atoms with Gasteiger partial charge in [0.05, 0.1) is 24.0 Å². The fourth-order valence-electron chi connectivity index (χ4n) is 7.30. The number of likely N-dealkylation sites (tertiary alicyclic amines) is 1. The predicted octanol–water partition coefficient (Wildman–Crippen LogP) is 3.71. The van der Waals surface area contributed by atoms with E-state index >= 15 is 0 Å². The molecule has 9 heteroatoms. The molecule has 3 amide bonds. The van der Waals surface area contributed by atoms with Gasteiger partial charge in [-0.3, -0.25) is 14.4 Å². The quantitative estimate of drug-likeness (QED) is 0.354. The maximum Gasteiger partial charge on any atom is 0.249 e. The maximum absolute atomic E-state index is 14.6. The molecule has 5 rings (SSSR count). The molecule has 42 heavy (non-hydrogen) atoms. The van der Waals surface area contributed by atoms with Crippen LogP contribution in [0.1, 0.15) is 60.3 Å². The Hall–Kier alpha value is -3.17. The van der Waals surface area contributed by atoms with E-state index in [9.17, 15) is 19.5 Å². The zero-order valence-electron chi connectivity index (χ0n) is 25.5. The molecule has 0 aliphatic carbocycles. The number of benzene rings is 1. The molecule has 2 fully saturated rings. The number of aliphatic hydroxyl groups is 1. The number of nitrogens with zero attached hydrogens (tertiary/aromatic N) is 3. The Kier molecular flexibility index (Phi) is 8.29. The monoisotopic (exact) mass is 579 g/mol. The Labute approximate surface area is 249 Å². The molecule has 1 aromatic rings. The Balaban J connectivity index is 1.59. The first-order valence-corrected chi connectivity index (χ1v) is 15.4. The van der Waals surface area contributed by atoms with Crippen LogP contribution < -0.4 is 9.64 Å². The number of unbranched alkanes of at least 4 members (excludes halogenated alkanes) is 2. The molecule has 2 saturated heterocycles. The van der Waals surface area contributed by atoms with Gasteiger partial charge in [-0.2, -0.15) is 0 Å². The van der Waals surface area contributed by atoms with Crippen molar-refractivity contribution in [3.63, 3.8) is 0 Å². The molecule has 1 N–H and O–H groups in total. The van der Waals surface area contributed by atoms with Crippen LogP contribution in [-0.2, 0) is 19.1 Å². The van der Waals surface area contributed by atoms with Crippen LogP contribution in [0.5, 0.6) is 5.75 Å². The average molecular weight is 580 g/mol. The van der Waals surface area contributed by atoms with E-state index in [-0.39, 0.29) is 24.3 Å². The van der Waals surface area contributed by atoms with Gasteiger partial charge in [0.1, 0.15) is 17.4 Å². The van der Waals surface area contributed by atoms with E-state index in [0.29, 0.717) is 45.5 Å². The number of carbonyl (C=O) groups excluding carboxylic acids is 3. The second kappa shape index (κ2) is 11.5. The molecule has 1 spiro atoms. The number of anilines is 1. The average Bonchev–Trinajstić information content (AvgIpc) is 3.23. The molecular formula is C33H45N3O6. The molecule has 0 radical (unpaired) electrons. The molecule has 0 aromatic heterocycles. The van der Waals surface area contributed by atoms with Crippen molar-refractivity contribution in [2.75, 3.05) is 37.7 Å². The second-order valence-electron chi connectivity index (χ2n) is 12.7. The number of fused-ring (bicyclic) bond motifs is 2. The number of amides is 3. The molecule has 228 valence electrons. The van der Waals surface area contributed by atoms with Crippen LogP contribution in [0.2, 0.25) is 0 Å². The van der Waals surface area contributed by atoms with Crippen LogP contribution >= 0.6 is 0 Å². The summed E-state index contributed by atoms with van der Waals surface area (Å²) in [4.78, 5) is 48.8. The Morgan fingerprint density at radius 1 is 0.929 bits per heavy atom. The van der Waals surface area contributed by atoms with Gasteiger partial charge in [0.15, 0.2) is 0 Å². The van der Waals surface area contributed by atoms with E-state index < -0.39 is 34.6 Å². The van der Waals surface area contributed by atoms with Crippen LogP contribution in [-0.4, -0.2) is 88.3 Å². The van der Waals surface area contributed by atoms with Crippen molar-refractivity contribution in [3.8, 4) is 5.75 Å². The largest absolute Gasteiger partial charge is 0.494 e. The Morgan fingerprint density at radius 3 is 2.29 bits per heavy atom. The highest BCUT2D eigenvalue weighted by atomic mass is 16.5. The second-order valence-corrected chi connectivity index (χ2v) is 12.7. The van der Waals surface area contributed by atoms with Crippen molar-refractivity contribution in [1.29, 1.82) is 0 Å². The summed E-state index contributed by atoms with van der Waals surface area (Å²) in [6.45, 7) is 11.6. The predicted molar refractivity (Wildman–Crippen MR) is 160 cm³/mol. The first-order valence-electron chi connectivity index (χ1n) is 15.4. The standard InChI is InChI=1S/C33H45N3O6/c1-6-32-17-11-20-34(23-13-15-24(16-14-23)41-7-2)28(38)25(32)26-29(39)35(19-9-8-10-22-37)27-30(40)36(31(3,4)5)21-12-18-33(26,27)42-32/h11-18,25-27,37H,6-10,19-22H2,1-5H3/t25-,26-,27?,32+,33-/m0/s1. The highest BCUT2D eigenvalue weighted by Gasteiger charge is 2.75. The summed E-state index contributed by atoms with van der Waals surface area (Å²) in [5, 5.41) is 9.31. The number of carbonyl (C=O) groups is 3. The Morgan fingerprint density at radius 2 is 1.64 bits per heavy atom. The molecule has 1 aromatic carbocycles. The van der Waals surface area contributed by atoms with Crippen molar-refractivity contribution in [2.45, 2.75) is 83.1 Å². The van der Waals surface area contributed by atoms with Gasteiger partial charge in [-0.1, -0.05) is 31.2 Å². The van der Waals surface area contributed by atoms with Gasteiger partial charge in [0.25, 0.3) is 0 Å². The first-order chi connectivity index (χ1) is 20.0. The first kappa shape index (κ1) is 30.3. The van der Waals surface area contributed by atoms with Crippen LogP contribution in [0.3, 0.4) is 0 Å². The molecular weight excluding hydrogens is 534 g/mol. The molecule has 9 nitrogen and oxygen atoms in total. The van der Waals surface area contributed by atoms with E-state index in [4.69, 9.17) is 9.47 Å². The highest BCUT2D eigenvalue weighted by Crippen LogP contribution is 2.59. The van der Waals surface area contributed by atoms with Crippen LogP contribution in [0.25, 0.3) is 0 Å². The minimum atomic E-state index is -1.27. The van der Waals surface area contributed by atoms with Gasteiger partial charge < -0.3 is 29.3 Å². The summed E-state index contributed by atoms with van der Waals surface area (Å²) in [6.07, 6.45) is 10.2. The molecule has 4 aliphatic heterocycles. The summed E-state index contributed by atoms with van der Waals surface area (Å²) in [5.74, 6) is -1.48. The fourth-order valence-corrected chi connectivity index (χ4v) is 7.30. The molecule has 4 heterocycles. The van der Waals surface area contributed by atoms with Crippen LogP contribution in [0, 0.1) is 11.8 Å². The summed E-state index contributed by atoms with van der Waals surface area (Å²) in [5.41, 5.74) is -2.05. The van der Waals surface area contributed by atoms with Crippen molar-refractivity contribution >= 4 is 23.4 Å². The number of ether oxygens (including phenoxy) is 2. The number of hydrogen-bond acceptors (Lipinski definition) is 6. The smallest absolute Gasteiger partial charge is 0.249 e. The minimum absolute atomic E-state index is 0.0792. The molecule has 0 saturated carbocycles. The third-order valence-corrected chi connectivity index (χ3v) is 9.27. The van der Waals surface area contributed by atoms with Crippen LogP contribution in [0.4, 0.5) is 5.69 Å². The van der Waals surface area contributed by atoms with E-state index in [1.54, 1.807) is 14.7 Å². The van der Waals surface area contributed by atoms with E-state index in [1.807, 2.05) is 83.2 Å². The van der Waals surface area contributed by atoms with E-state index in [1.165, 1.54) is 0 Å². The highest BCUT2D eigenvalue weighted by molar-refractivity contribution is 6.04. The van der Waals surface area contributed by atoms with E-state index in [0.717, 1.165) is 17.9 Å². The lowest BCUT2D eigenvalue weighted by Crippen LogP contribution is -2.59. The molecule has 4 aliphatic rings. The number of rotatable bonds is 9. The zero-order chi connectivity index (χ0) is 30.3. The van der Waals surface area contributed by atoms with Gasteiger partial charge >= 0.3 is 0 Å². The lowest BCUT2D eigenvalue weighted by atomic mass is 9.73. The fraction of sp³-hybridized carbons (Fsp3) is 0.606. The van der Waals surface area contributed by atoms with Crippen molar-refractivity contribution < 1.29 is 29.0 Å². The van der Waals surface area contributed by atoms with Gasteiger partial charge in [-0.05, 0) is 77.6 Å².